The number of nitrogens with one attached hydrogen (secondary N) is 2. The van der Waals surface area contributed by atoms with Crippen LogP contribution >= 0.6 is 15.9 Å². The Morgan fingerprint density at radius 1 is 1.42 bits per heavy atom. The first-order chi connectivity index (χ1) is 11.4. The van der Waals surface area contributed by atoms with Gasteiger partial charge in [-0.1, -0.05) is 13.0 Å². The van der Waals surface area contributed by atoms with Crippen molar-refractivity contribution in [3.8, 4) is 5.75 Å². The number of ether oxygens (including phenoxy) is 2. The van der Waals surface area contributed by atoms with Crippen molar-refractivity contribution >= 4 is 27.9 Å². The smallest absolute Gasteiger partial charge is 0.338 e. The lowest BCUT2D eigenvalue weighted by molar-refractivity contribution is -0.144. The fourth-order valence-electron chi connectivity index (χ4n) is 2.41. The van der Waals surface area contributed by atoms with Crippen LogP contribution < -0.4 is 15.4 Å². The first kappa shape index (κ1) is 18.3. The summed E-state index contributed by atoms with van der Waals surface area (Å²) in [5.74, 6) is 0.231. The van der Waals surface area contributed by atoms with Crippen molar-refractivity contribution in [2.45, 2.75) is 39.3 Å². The second-order valence-electron chi connectivity index (χ2n) is 5.59. The van der Waals surface area contributed by atoms with E-state index < -0.39 is 12.0 Å². The summed E-state index contributed by atoms with van der Waals surface area (Å²) in [6.07, 6.45) is 0.523. The molecule has 2 N–H and O–H groups in total. The molecular weight excluding hydrogens is 376 g/mol. The number of benzene rings is 1. The molecule has 0 unspecified atom stereocenters. The molecule has 1 aliphatic rings. The van der Waals surface area contributed by atoms with Gasteiger partial charge >= 0.3 is 12.0 Å². The van der Waals surface area contributed by atoms with Crippen LogP contribution in [0, 0.1) is 0 Å². The molecule has 0 saturated carbocycles. The van der Waals surface area contributed by atoms with E-state index in [1.807, 2.05) is 26.0 Å². The number of urea groups is 1. The van der Waals surface area contributed by atoms with E-state index in [4.69, 9.17) is 9.47 Å². The number of halogens is 1. The van der Waals surface area contributed by atoms with E-state index >= 15 is 0 Å². The van der Waals surface area contributed by atoms with Crippen LogP contribution in [0.5, 0.6) is 5.75 Å². The highest BCUT2D eigenvalue weighted by Crippen LogP contribution is 2.33. The summed E-state index contributed by atoms with van der Waals surface area (Å²) in [5, 5.41) is 5.41. The number of carbonyl (C=O) groups is 2. The van der Waals surface area contributed by atoms with Gasteiger partial charge in [0.1, 0.15) is 5.75 Å². The SMILES string of the molecule is CC[C@H](C)OC(=O)C1=C(C)NC(=O)N[C@H]1c1ccc(OC)c(Br)c1. The van der Waals surface area contributed by atoms with Crippen LogP contribution in [-0.4, -0.2) is 25.2 Å². The summed E-state index contributed by atoms with van der Waals surface area (Å²) < 4.78 is 11.4. The van der Waals surface area contributed by atoms with Gasteiger partial charge < -0.3 is 20.1 Å². The zero-order valence-electron chi connectivity index (χ0n) is 14.1. The molecule has 6 nitrogen and oxygen atoms in total. The molecule has 1 aliphatic heterocycles. The van der Waals surface area contributed by atoms with Gasteiger partial charge in [-0.3, -0.25) is 0 Å². The Labute approximate surface area is 149 Å². The van der Waals surface area contributed by atoms with E-state index in [2.05, 4.69) is 26.6 Å². The third-order valence-electron chi connectivity index (χ3n) is 3.88. The van der Waals surface area contributed by atoms with Gasteiger partial charge in [0.15, 0.2) is 0 Å². The molecule has 0 aromatic heterocycles. The minimum Gasteiger partial charge on any atom is -0.496 e. The molecule has 0 bridgehead atoms. The fourth-order valence-corrected chi connectivity index (χ4v) is 2.96. The van der Waals surface area contributed by atoms with Crippen LogP contribution in [0.15, 0.2) is 33.9 Å². The lowest BCUT2D eigenvalue weighted by atomic mass is 9.95. The highest BCUT2D eigenvalue weighted by Gasteiger charge is 2.33. The lowest BCUT2D eigenvalue weighted by Gasteiger charge is -2.29. The topological polar surface area (TPSA) is 76.7 Å². The largest absolute Gasteiger partial charge is 0.496 e. The van der Waals surface area contributed by atoms with Crippen LogP contribution in [0.3, 0.4) is 0 Å². The molecule has 0 spiro atoms. The summed E-state index contributed by atoms with van der Waals surface area (Å²) in [4.78, 5) is 24.4. The van der Waals surface area contributed by atoms with E-state index in [0.29, 0.717) is 17.0 Å². The molecule has 24 heavy (non-hydrogen) atoms. The normalized spacial score (nSPS) is 18.5. The summed E-state index contributed by atoms with van der Waals surface area (Å²) in [6.45, 7) is 5.47. The zero-order chi connectivity index (χ0) is 17.9. The van der Waals surface area contributed by atoms with E-state index in [9.17, 15) is 9.59 Å². The minimum absolute atomic E-state index is 0.196. The molecule has 0 fully saturated rings. The van der Waals surface area contributed by atoms with Crippen LogP contribution in [0.4, 0.5) is 4.79 Å². The number of rotatable bonds is 5. The van der Waals surface area contributed by atoms with Crippen LogP contribution in [0.1, 0.15) is 38.8 Å². The number of hydrogen-bond acceptors (Lipinski definition) is 4. The van der Waals surface area contributed by atoms with Gasteiger partial charge in [0.05, 0.1) is 29.3 Å². The Hall–Kier alpha value is -2.02. The second kappa shape index (κ2) is 7.70. The first-order valence-corrected chi connectivity index (χ1v) is 8.49. The highest BCUT2D eigenvalue weighted by molar-refractivity contribution is 9.10. The van der Waals surface area contributed by atoms with Crippen molar-refractivity contribution in [3.63, 3.8) is 0 Å². The molecule has 7 heteroatoms. The van der Waals surface area contributed by atoms with Crippen LogP contribution in [-0.2, 0) is 9.53 Å². The molecule has 1 heterocycles. The first-order valence-electron chi connectivity index (χ1n) is 7.70. The van der Waals surface area contributed by atoms with Crippen molar-refractivity contribution in [2.24, 2.45) is 0 Å². The predicted octanol–water partition coefficient (Wildman–Crippen LogP) is 3.43. The number of esters is 1. The number of amides is 2. The average molecular weight is 397 g/mol. The summed E-state index contributed by atoms with van der Waals surface area (Å²) in [6, 6.07) is 4.46. The van der Waals surface area contributed by atoms with E-state index in [-0.39, 0.29) is 12.1 Å². The van der Waals surface area contributed by atoms with Crippen molar-refractivity contribution in [2.75, 3.05) is 7.11 Å². The van der Waals surface area contributed by atoms with Crippen LogP contribution in [0.25, 0.3) is 0 Å². The third-order valence-corrected chi connectivity index (χ3v) is 4.50. The molecule has 0 saturated heterocycles. The van der Waals surface area contributed by atoms with Gasteiger partial charge in [0.25, 0.3) is 0 Å². The van der Waals surface area contributed by atoms with Crippen LogP contribution in [0.2, 0.25) is 0 Å². The van der Waals surface area contributed by atoms with E-state index in [1.165, 1.54) is 0 Å². The summed E-state index contributed by atoms with van der Waals surface area (Å²) in [7, 11) is 1.57. The summed E-state index contributed by atoms with van der Waals surface area (Å²) >= 11 is 3.43. The minimum atomic E-state index is -0.586. The predicted molar refractivity (Wildman–Crippen MR) is 93.6 cm³/mol. The monoisotopic (exact) mass is 396 g/mol. The zero-order valence-corrected chi connectivity index (χ0v) is 15.7. The van der Waals surface area contributed by atoms with Gasteiger partial charge in [-0.05, 0) is 53.9 Å². The molecule has 0 radical (unpaired) electrons. The Morgan fingerprint density at radius 3 is 2.71 bits per heavy atom. The second-order valence-corrected chi connectivity index (χ2v) is 6.44. The Morgan fingerprint density at radius 2 is 2.12 bits per heavy atom. The van der Waals surface area contributed by atoms with E-state index in [0.717, 1.165) is 16.5 Å². The molecule has 2 amide bonds. The maximum absolute atomic E-state index is 12.6. The van der Waals surface area contributed by atoms with Crippen molar-refractivity contribution in [1.29, 1.82) is 0 Å². The van der Waals surface area contributed by atoms with Gasteiger partial charge in [-0.25, -0.2) is 9.59 Å². The summed E-state index contributed by atoms with van der Waals surface area (Å²) in [5.41, 5.74) is 1.64. The molecule has 2 atom stereocenters. The lowest BCUT2D eigenvalue weighted by Crippen LogP contribution is -2.45. The van der Waals surface area contributed by atoms with Crippen molar-refractivity contribution in [1.82, 2.24) is 10.6 Å². The highest BCUT2D eigenvalue weighted by atomic mass is 79.9. The van der Waals surface area contributed by atoms with Crippen molar-refractivity contribution < 1.29 is 19.1 Å². The number of allylic oxidation sites excluding steroid dienone is 1. The Bertz CT molecular complexity index is 687. The number of hydrogen-bond donors (Lipinski definition) is 2. The maximum Gasteiger partial charge on any atom is 0.338 e. The van der Waals surface area contributed by atoms with E-state index in [1.54, 1.807) is 20.1 Å². The molecule has 1 aromatic rings. The molecule has 2 rings (SSSR count). The maximum atomic E-state index is 12.6. The molecule has 1 aromatic carbocycles. The molecular formula is C17H21BrN2O4. The van der Waals surface area contributed by atoms with Gasteiger partial charge in [-0.2, -0.15) is 0 Å². The Kier molecular flexibility index (Phi) is 5.88. The number of methoxy groups -OCH3 is 1. The number of carbonyl (C=O) groups excluding carboxylic acids is 2. The average Bonchev–Trinajstić information content (AvgIpc) is 2.53. The quantitative estimate of drug-likeness (QED) is 0.747. The van der Waals surface area contributed by atoms with Gasteiger partial charge in [0, 0.05) is 5.70 Å². The third kappa shape index (κ3) is 3.90. The fraction of sp³-hybridized carbons (Fsp3) is 0.412. The van der Waals surface area contributed by atoms with Gasteiger partial charge in [0.2, 0.25) is 0 Å². The molecule has 130 valence electrons. The van der Waals surface area contributed by atoms with Crippen molar-refractivity contribution in [3.05, 3.63) is 39.5 Å². The standard InChI is InChI=1S/C17H21BrN2O4/c1-5-9(2)24-16(21)14-10(3)19-17(22)20-15(14)11-6-7-13(23-4)12(18)8-11/h6-9,15H,5H2,1-4H3,(H2,19,20,22)/t9-,15-/m0/s1. The molecule has 0 aliphatic carbocycles. The Balaban J connectivity index is 2.41. The van der Waals surface area contributed by atoms with Gasteiger partial charge in [-0.15, -0.1) is 0 Å².